The molecule has 5 nitrogen and oxygen atoms in total. The average Bonchev–Trinajstić information content (AvgIpc) is 2.25. The first-order valence-electron chi connectivity index (χ1n) is 4.51. The molecule has 1 aromatic carbocycles. The Morgan fingerprint density at radius 2 is 1.75 bits per heavy atom. The lowest BCUT2D eigenvalue weighted by Gasteiger charge is -2.10. The van der Waals surface area contributed by atoms with Crippen molar-refractivity contribution in [3.05, 3.63) is 35.9 Å². The topological polar surface area (TPSA) is 80.7 Å². The summed E-state index contributed by atoms with van der Waals surface area (Å²) in [5, 5.41) is 8.76. The van der Waals surface area contributed by atoms with E-state index in [1.165, 1.54) is 12.1 Å². The average molecular weight is 222 g/mol. The fourth-order valence-corrected chi connectivity index (χ4v) is 1.14. The molecule has 1 unspecified atom stereocenters. The minimum Gasteiger partial charge on any atom is -0.478 e. The van der Waals surface area contributed by atoms with Crippen LogP contribution in [-0.2, 0) is 14.3 Å². The van der Waals surface area contributed by atoms with Crippen LogP contribution < -0.4 is 0 Å². The van der Waals surface area contributed by atoms with E-state index < -0.39 is 23.8 Å². The van der Waals surface area contributed by atoms with E-state index in [0.717, 1.165) is 6.92 Å². The number of aliphatic carboxylic acids is 1. The van der Waals surface area contributed by atoms with Crippen LogP contribution >= 0.6 is 0 Å². The Morgan fingerprint density at radius 3 is 2.19 bits per heavy atom. The zero-order valence-corrected chi connectivity index (χ0v) is 8.54. The van der Waals surface area contributed by atoms with Crippen molar-refractivity contribution in [2.75, 3.05) is 0 Å². The maximum absolute atomic E-state index is 11.7. The summed E-state index contributed by atoms with van der Waals surface area (Å²) in [6.45, 7) is 1.05. The van der Waals surface area contributed by atoms with Crippen molar-refractivity contribution in [3.63, 3.8) is 0 Å². The molecule has 0 saturated heterocycles. The SMILES string of the molecule is CC(=O)OC(C(=O)O)C(=O)c1ccccc1. The molecular weight excluding hydrogens is 212 g/mol. The number of carboxylic acids is 1. The van der Waals surface area contributed by atoms with Gasteiger partial charge in [0.25, 0.3) is 6.10 Å². The van der Waals surface area contributed by atoms with E-state index in [9.17, 15) is 14.4 Å². The molecule has 0 aliphatic carbocycles. The highest BCUT2D eigenvalue weighted by atomic mass is 16.6. The van der Waals surface area contributed by atoms with Gasteiger partial charge in [-0.15, -0.1) is 0 Å². The van der Waals surface area contributed by atoms with Gasteiger partial charge in [-0.05, 0) is 0 Å². The summed E-state index contributed by atoms with van der Waals surface area (Å²) < 4.78 is 4.44. The van der Waals surface area contributed by atoms with Crippen molar-refractivity contribution in [2.45, 2.75) is 13.0 Å². The number of hydrogen-bond acceptors (Lipinski definition) is 4. The van der Waals surface area contributed by atoms with E-state index in [-0.39, 0.29) is 5.56 Å². The number of hydrogen-bond donors (Lipinski definition) is 1. The molecule has 0 fully saturated rings. The Hall–Kier alpha value is -2.17. The molecule has 5 heteroatoms. The normalized spacial score (nSPS) is 11.6. The third kappa shape index (κ3) is 2.91. The number of Topliss-reactive ketones (excluding diaryl/α,β-unsaturated/α-hetero) is 1. The number of ketones is 1. The molecule has 0 aliphatic heterocycles. The van der Waals surface area contributed by atoms with Crippen molar-refractivity contribution in [1.82, 2.24) is 0 Å². The zero-order valence-electron chi connectivity index (χ0n) is 8.54. The smallest absolute Gasteiger partial charge is 0.353 e. The second-order valence-electron chi connectivity index (χ2n) is 3.06. The molecule has 1 atom stereocenters. The number of carbonyl (C=O) groups excluding carboxylic acids is 2. The first-order chi connectivity index (χ1) is 7.52. The fraction of sp³-hybridized carbons (Fsp3) is 0.182. The van der Waals surface area contributed by atoms with E-state index in [4.69, 9.17) is 5.11 Å². The molecular formula is C11H10O5. The van der Waals surface area contributed by atoms with Gasteiger partial charge in [-0.25, -0.2) is 4.79 Å². The molecule has 1 rings (SSSR count). The van der Waals surface area contributed by atoms with Gasteiger partial charge in [-0.1, -0.05) is 30.3 Å². The lowest BCUT2D eigenvalue weighted by molar-refractivity contribution is -0.158. The van der Waals surface area contributed by atoms with E-state index >= 15 is 0 Å². The highest BCUT2D eigenvalue weighted by molar-refractivity contribution is 6.11. The summed E-state index contributed by atoms with van der Waals surface area (Å²) in [6.07, 6.45) is -1.78. The van der Waals surface area contributed by atoms with Crippen molar-refractivity contribution in [2.24, 2.45) is 0 Å². The maximum Gasteiger partial charge on any atom is 0.353 e. The summed E-state index contributed by atoms with van der Waals surface area (Å²) in [5.74, 6) is -3.04. The highest BCUT2D eigenvalue weighted by Gasteiger charge is 2.30. The standard InChI is InChI=1S/C11H10O5/c1-7(12)16-10(11(14)15)9(13)8-5-3-2-4-6-8/h2-6,10H,1H3,(H,14,15). The van der Waals surface area contributed by atoms with Crippen molar-refractivity contribution in [3.8, 4) is 0 Å². The molecule has 16 heavy (non-hydrogen) atoms. The van der Waals surface area contributed by atoms with Gasteiger partial charge in [-0.3, -0.25) is 9.59 Å². The summed E-state index contributed by atoms with van der Waals surface area (Å²) in [4.78, 5) is 33.1. The predicted octanol–water partition coefficient (Wildman–Crippen LogP) is 0.886. The molecule has 0 saturated carbocycles. The van der Waals surface area contributed by atoms with Crippen LogP contribution in [0.1, 0.15) is 17.3 Å². The lowest BCUT2D eigenvalue weighted by atomic mass is 10.1. The molecule has 84 valence electrons. The van der Waals surface area contributed by atoms with Crippen LogP contribution in [-0.4, -0.2) is 28.9 Å². The Balaban J connectivity index is 2.92. The number of ether oxygens (including phenoxy) is 1. The van der Waals surface area contributed by atoms with Crippen molar-refractivity contribution in [1.29, 1.82) is 0 Å². The second kappa shape index (κ2) is 5.06. The zero-order chi connectivity index (χ0) is 12.1. The van der Waals surface area contributed by atoms with E-state index in [1.54, 1.807) is 18.2 Å². The molecule has 0 heterocycles. The van der Waals surface area contributed by atoms with Gasteiger partial charge in [0.1, 0.15) is 0 Å². The van der Waals surface area contributed by atoms with Gasteiger partial charge < -0.3 is 9.84 Å². The van der Waals surface area contributed by atoms with E-state index in [1.807, 2.05) is 0 Å². The summed E-state index contributed by atoms with van der Waals surface area (Å²) in [7, 11) is 0. The minimum atomic E-state index is -1.78. The van der Waals surface area contributed by atoms with Crippen LogP contribution in [0.4, 0.5) is 0 Å². The molecule has 0 amide bonds. The van der Waals surface area contributed by atoms with Gasteiger partial charge in [0.2, 0.25) is 5.78 Å². The summed E-state index contributed by atoms with van der Waals surface area (Å²) in [5.41, 5.74) is 0.191. The molecule has 0 radical (unpaired) electrons. The van der Waals surface area contributed by atoms with Crippen LogP contribution in [0.2, 0.25) is 0 Å². The Bertz CT molecular complexity index is 410. The lowest BCUT2D eigenvalue weighted by Crippen LogP contribution is -2.34. The van der Waals surface area contributed by atoms with Crippen LogP contribution in [0.5, 0.6) is 0 Å². The predicted molar refractivity (Wildman–Crippen MR) is 54.0 cm³/mol. The van der Waals surface area contributed by atoms with Crippen LogP contribution in [0.25, 0.3) is 0 Å². The number of carboxylic acid groups (broad SMARTS) is 1. The number of benzene rings is 1. The van der Waals surface area contributed by atoms with E-state index in [2.05, 4.69) is 4.74 Å². The quantitative estimate of drug-likeness (QED) is 0.464. The first kappa shape index (κ1) is 11.9. The van der Waals surface area contributed by atoms with Gasteiger partial charge in [0, 0.05) is 12.5 Å². The van der Waals surface area contributed by atoms with Gasteiger partial charge in [-0.2, -0.15) is 0 Å². The molecule has 0 aromatic heterocycles. The largest absolute Gasteiger partial charge is 0.478 e. The molecule has 0 bridgehead atoms. The van der Waals surface area contributed by atoms with Gasteiger partial charge >= 0.3 is 11.9 Å². The number of carbonyl (C=O) groups is 3. The van der Waals surface area contributed by atoms with Gasteiger partial charge in [0.15, 0.2) is 0 Å². The minimum absolute atomic E-state index is 0.191. The van der Waals surface area contributed by atoms with Crippen LogP contribution in [0, 0.1) is 0 Å². The van der Waals surface area contributed by atoms with Crippen molar-refractivity contribution < 1.29 is 24.2 Å². The second-order valence-corrected chi connectivity index (χ2v) is 3.06. The van der Waals surface area contributed by atoms with Crippen LogP contribution in [0.3, 0.4) is 0 Å². The molecule has 1 N–H and O–H groups in total. The van der Waals surface area contributed by atoms with Gasteiger partial charge in [0.05, 0.1) is 0 Å². The first-order valence-corrected chi connectivity index (χ1v) is 4.51. The summed E-state index contributed by atoms with van der Waals surface area (Å²) in [6, 6.07) is 7.81. The number of esters is 1. The summed E-state index contributed by atoms with van der Waals surface area (Å²) >= 11 is 0. The van der Waals surface area contributed by atoms with Crippen molar-refractivity contribution >= 4 is 17.7 Å². The monoisotopic (exact) mass is 222 g/mol. The van der Waals surface area contributed by atoms with E-state index in [0.29, 0.717) is 0 Å². The third-order valence-electron chi connectivity index (χ3n) is 1.80. The Kier molecular flexibility index (Phi) is 3.77. The highest BCUT2D eigenvalue weighted by Crippen LogP contribution is 2.07. The molecule has 0 spiro atoms. The van der Waals surface area contributed by atoms with Crippen LogP contribution in [0.15, 0.2) is 30.3 Å². The molecule has 0 aliphatic rings. The Morgan fingerprint density at radius 1 is 1.19 bits per heavy atom. The molecule has 1 aromatic rings. The number of rotatable bonds is 4. The fourth-order valence-electron chi connectivity index (χ4n) is 1.14. The Labute approximate surface area is 91.6 Å². The third-order valence-corrected chi connectivity index (χ3v) is 1.80. The maximum atomic E-state index is 11.7.